The summed E-state index contributed by atoms with van der Waals surface area (Å²) in [4.78, 5) is 38.6. The molecule has 2 heterocycles. The van der Waals surface area contributed by atoms with Crippen molar-refractivity contribution in [3.63, 3.8) is 0 Å². The predicted molar refractivity (Wildman–Crippen MR) is 101 cm³/mol. The van der Waals surface area contributed by atoms with E-state index in [0.717, 1.165) is 11.1 Å². The molecule has 1 fully saturated rings. The fraction of sp³-hybridized carbons (Fsp3) is 0.316. The van der Waals surface area contributed by atoms with Crippen LogP contribution >= 0.6 is 11.3 Å². The molecule has 0 spiro atoms. The Morgan fingerprint density at radius 1 is 1.15 bits per heavy atom. The minimum absolute atomic E-state index is 0.0634. The molecule has 1 aliphatic heterocycles. The number of ether oxygens (including phenoxy) is 1. The van der Waals surface area contributed by atoms with Crippen LogP contribution in [0.4, 0.5) is 0 Å². The van der Waals surface area contributed by atoms with Crippen molar-refractivity contribution < 1.29 is 19.1 Å². The SMILES string of the molecule is Cc1ccc(CNC(=O)C(=O)NC[C@@H]2OCCN2C(=O)c2cccs2)cc1. The van der Waals surface area contributed by atoms with Gasteiger partial charge in [-0.15, -0.1) is 11.3 Å². The van der Waals surface area contributed by atoms with Gasteiger partial charge >= 0.3 is 11.8 Å². The minimum Gasteiger partial charge on any atom is -0.355 e. The van der Waals surface area contributed by atoms with Gasteiger partial charge in [0.25, 0.3) is 5.91 Å². The Morgan fingerprint density at radius 2 is 1.89 bits per heavy atom. The fourth-order valence-corrected chi connectivity index (χ4v) is 3.37. The van der Waals surface area contributed by atoms with Gasteiger partial charge in [0.2, 0.25) is 0 Å². The summed E-state index contributed by atoms with van der Waals surface area (Å²) < 4.78 is 5.52. The van der Waals surface area contributed by atoms with Gasteiger partial charge < -0.3 is 20.3 Å². The van der Waals surface area contributed by atoms with Crippen molar-refractivity contribution in [2.45, 2.75) is 19.7 Å². The number of nitrogens with one attached hydrogen (secondary N) is 2. The summed E-state index contributed by atoms with van der Waals surface area (Å²) in [6.07, 6.45) is -0.576. The lowest BCUT2D eigenvalue weighted by molar-refractivity contribution is -0.139. The zero-order valence-electron chi connectivity index (χ0n) is 14.9. The van der Waals surface area contributed by atoms with Crippen LogP contribution in [0, 0.1) is 6.92 Å². The average molecular weight is 387 g/mol. The first-order chi connectivity index (χ1) is 13.0. The zero-order chi connectivity index (χ0) is 19.2. The number of hydrogen-bond donors (Lipinski definition) is 2. The van der Waals surface area contributed by atoms with Crippen LogP contribution in [0.3, 0.4) is 0 Å². The molecule has 0 saturated carbocycles. The van der Waals surface area contributed by atoms with E-state index < -0.39 is 18.0 Å². The van der Waals surface area contributed by atoms with Crippen molar-refractivity contribution in [3.8, 4) is 0 Å². The van der Waals surface area contributed by atoms with Crippen molar-refractivity contribution in [2.75, 3.05) is 19.7 Å². The second-order valence-corrected chi connectivity index (χ2v) is 7.13. The number of aryl methyl sites for hydroxylation is 1. The molecule has 0 aliphatic carbocycles. The van der Waals surface area contributed by atoms with Crippen LogP contribution in [-0.2, 0) is 20.9 Å². The van der Waals surface area contributed by atoms with E-state index in [9.17, 15) is 14.4 Å². The average Bonchev–Trinajstić information content (AvgIpc) is 3.36. The lowest BCUT2D eigenvalue weighted by Gasteiger charge is -2.22. The van der Waals surface area contributed by atoms with Gasteiger partial charge in [-0.2, -0.15) is 0 Å². The molecule has 1 aliphatic rings. The van der Waals surface area contributed by atoms with Crippen molar-refractivity contribution in [2.24, 2.45) is 0 Å². The molecule has 142 valence electrons. The second kappa shape index (κ2) is 8.79. The summed E-state index contributed by atoms with van der Waals surface area (Å²) in [5.41, 5.74) is 2.04. The maximum atomic E-state index is 12.4. The van der Waals surface area contributed by atoms with Crippen molar-refractivity contribution in [1.82, 2.24) is 15.5 Å². The smallest absolute Gasteiger partial charge is 0.309 e. The van der Waals surface area contributed by atoms with Crippen LogP contribution < -0.4 is 10.6 Å². The van der Waals surface area contributed by atoms with E-state index in [2.05, 4.69) is 10.6 Å². The van der Waals surface area contributed by atoms with E-state index in [1.165, 1.54) is 11.3 Å². The quantitative estimate of drug-likeness (QED) is 0.757. The molecule has 0 unspecified atom stereocenters. The molecule has 0 radical (unpaired) electrons. The summed E-state index contributed by atoms with van der Waals surface area (Å²) in [5, 5.41) is 6.95. The number of carbonyl (C=O) groups is 3. The van der Waals surface area contributed by atoms with Crippen LogP contribution in [-0.4, -0.2) is 48.5 Å². The fourth-order valence-electron chi connectivity index (χ4n) is 2.69. The van der Waals surface area contributed by atoms with Gasteiger partial charge in [0.05, 0.1) is 18.0 Å². The highest BCUT2D eigenvalue weighted by molar-refractivity contribution is 7.12. The summed E-state index contributed by atoms with van der Waals surface area (Å²) in [7, 11) is 0. The molecule has 27 heavy (non-hydrogen) atoms. The topological polar surface area (TPSA) is 87.7 Å². The lowest BCUT2D eigenvalue weighted by Crippen LogP contribution is -2.47. The molecular formula is C19H21N3O4S. The molecule has 3 amide bonds. The number of nitrogens with zero attached hydrogens (tertiary/aromatic N) is 1. The Kier molecular flexibility index (Phi) is 6.20. The monoisotopic (exact) mass is 387 g/mol. The largest absolute Gasteiger partial charge is 0.355 e. The van der Waals surface area contributed by atoms with Crippen LogP contribution in [0.5, 0.6) is 0 Å². The number of amides is 3. The summed E-state index contributed by atoms with van der Waals surface area (Å²) >= 11 is 1.36. The van der Waals surface area contributed by atoms with Crippen LogP contribution in [0.25, 0.3) is 0 Å². The Labute approximate surface area is 161 Å². The number of carbonyl (C=O) groups excluding carboxylic acids is 3. The van der Waals surface area contributed by atoms with Crippen LogP contribution in [0.15, 0.2) is 41.8 Å². The van der Waals surface area contributed by atoms with E-state index in [4.69, 9.17) is 4.74 Å². The molecule has 2 aromatic rings. The molecule has 1 saturated heterocycles. The zero-order valence-corrected chi connectivity index (χ0v) is 15.8. The Hall–Kier alpha value is -2.71. The van der Waals surface area contributed by atoms with E-state index >= 15 is 0 Å². The Balaban J connectivity index is 1.46. The Bertz CT molecular complexity index is 805. The third-order valence-electron chi connectivity index (χ3n) is 4.20. The molecule has 0 bridgehead atoms. The number of hydrogen-bond acceptors (Lipinski definition) is 5. The van der Waals surface area contributed by atoms with Crippen LogP contribution in [0.1, 0.15) is 20.8 Å². The molecule has 7 nitrogen and oxygen atoms in total. The van der Waals surface area contributed by atoms with Gasteiger partial charge in [0.1, 0.15) is 6.23 Å². The molecule has 1 atom stereocenters. The first-order valence-electron chi connectivity index (χ1n) is 8.62. The molecular weight excluding hydrogens is 366 g/mol. The van der Waals surface area contributed by atoms with Gasteiger partial charge in [-0.1, -0.05) is 35.9 Å². The molecule has 2 N–H and O–H groups in total. The highest BCUT2D eigenvalue weighted by atomic mass is 32.1. The normalized spacial score (nSPS) is 16.2. The minimum atomic E-state index is -0.749. The van der Waals surface area contributed by atoms with E-state index in [-0.39, 0.29) is 19.0 Å². The third kappa shape index (κ3) is 4.93. The second-order valence-electron chi connectivity index (χ2n) is 6.18. The standard InChI is InChI=1S/C19H21N3O4S/c1-13-4-6-14(7-5-13)11-20-17(23)18(24)21-12-16-22(8-9-26-16)19(25)15-3-2-10-27-15/h2-7,10,16H,8-9,11-12H2,1H3,(H,20,23)(H,21,24)/t16-/m0/s1. The van der Waals surface area contributed by atoms with Crippen molar-refractivity contribution in [3.05, 3.63) is 57.8 Å². The summed E-state index contributed by atoms with van der Waals surface area (Å²) in [6.45, 7) is 3.17. The van der Waals surface area contributed by atoms with Gasteiger partial charge in [0, 0.05) is 13.1 Å². The van der Waals surface area contributed by atoms with Crippen molar-refractivity contribution in [1.29, 1.82) is 0 Å². The summed E-state index contributed by atoms with van der Waals surface area (Å²) in [6, 6.07) is 11.2. The highest BCUT2D eigenvalue weighted by Crippen LogP contribution is 2.17. The van der Waals surface area contributed by atoms with E-state index in [1.54, 1.807) is 11.0 Å². The number of benzene rings is 1. The molecule has 1 aromatic heterocycles. The predicted octanol–water partition coefficient (Wildman–Crippen LogP) is 1.29. The first kappa shape index (κ1) is 19.1. The van der Waals surface area contributed by atoms with Crippen molar-refractivity contribution >= 4 is 29.1 Å². The molecule has 3 rings (SSSR count). The Morgan fingerprint density at radius 3 is 2.59 bits per heavy atom. The summed E-state index contributed by atoms with van der Waals surface area (Å²) in [5.74, 6) is -1.60. The highest BCUT2D eigenvalue weighted by Gasteiger charge is 2.31. The van der Waals surface area contributed by atoms with Gasteiger partial charge in [-0.3, -0.25) is 14.4 Å². The van der Waals surface area contributed by atoms with Crippen LogP contribution in [0.2, 0.25) is 0 Å². The lowest BCUT2D eigenvalue weighted by atomic mass is 10.1. The van der Waals surface area contributed by atoms with E-state index in [0.29, 0.717) is 18.0 Å². The molecule has 1 aromatic carbocycles. The maximum absolute atomic E-state index is 12.4. The number of rotatable bonds is 5. The van der Waals surface area contributed by atoms with Gasteiger partial charge in [0.15, 0.2) is 0 Å². The van der Waals surface area contributed by atoms with Gasteiger partial charge in [-0.25, -0.2) is 0 Å². The van der Waals surface area contributed by atoms with E-state index in [1.807, 2.05) is 42.6 Å². The van der Waals surface area contributed by atoms with Gasteiger partial charge in [-0.05, 0) is 23.9 Å². The first-order valence-corrected chi connectivity index (χ1v) is 9.50. The third-order valence-corrected chi connectivity index (χ3v) is 5.06. The number of thiophene rings is 1. The maximum Gasteiger partial charge on any atom is 0.309 e. The molecule has 8 heteroatoms.